The van der Waals surface area contributed by atoms with Crippen molar-refractivity contribution in [2.45, 2.75) is 38.0 Å². The Hall–Kier alpha value is -3.41. The molecule has 0 amide bonds. The quantitative estimate of drug-likeness (QED) is 0.225. The SMILES string of the molecule is C=CC[C@H]1CC[C@H](c2ccc(-c3ccc(C(=O)O)c(F)c3-c3cc(F)c(F)c(F)c3)cc2)CC1. The van der Waals surface area contributed by atoms with E-state index < -0.39 is 34.8 Å². The monoisotopic (exact) mass is 468 g/mol. The van der Waals surface area contributed by atoms with Crippen LogP contribution in [0.3, 0.4) is 0 Å². The smallest absolute Gasteiger partial charge is 0.338 e. The van der Waals surface area contributed by atoms with E-state index in [0.29, 0.717) is 29.5 Å². The first-order chi connectivity index (χ1) is 16.3. The van der Waals surface area contributed by atoms with Crippen molar-refractivity contribution in [1.82, 2.24) is 0 Å². The Kier molecular flexibility index (Phi) is 6.87. The van der Waals surface area contributed by atoms with Gasteiger partial charge in [0.15, 0.2) is 17.5 Å². The van der Waals surface area contributed by atoms with Gasteiger partial charge in [0.1, 0.15) is 5.82 Å². The van der Waals surface area contributed by atoms with Crippen molar-refractivity contribution in [3.05, 3.63) is 95.6 Å². The first-order valence-corrected chi connectivity index (χ1v) is 11.2. The van der Waals surface area contributed by atoms with Gasteiger partial charge in [0.25, 0.3) is 0 Å². The summed E-state index contributed by atoms with van der Waals surface area (Å²) in [5.74, 6) is -6.21. The van der Waals surface area contributed by atoms with Crippen LogP contribution in [0.5, 0.6) is 0 Å². The number of allylic oxidation sites excluding steroid dienone is 1. The number of carboxylic acids is 1. The topological polar surface area (TPSA) is 37.3 Å². The minimum atomic E-state index is -1.67. The largest absolute Gasteiger partial charge is 0.478 e. The number of aromatic carboxylic acids is 1. The van der Waals surface area contributed by atoms with E-state index in [0.717, 1.165) is 43.7 Å². The molecule has 0 aliphatic heterocycles. The third kappa shape index (κ3) is 4.63. The number of carbonyl (C=O) groups is 1. The Balaban J connectivity index is 1.73. The summed E-state index contributed by atoms with van der Waals surface area (Å²) in [6.45, 7) is 3.82. The molecule has 0 unspecified atom stereocenters. The molecule has 3 aromatic carbocycles. The van der Waals surface area contributed by atoms with Crippen LogP contribution >= 0.6 is 0 Å². The molecular weight excluding hydrogens is 444 g/mol. The lowest BCUT2D eigenvalue weighted by Crippen LogP contribution is -2.12. The summed E-state index contributed by atoms with van der Waals surface area (Å²) in [6.07, 6.45) is 7.39. The Labute approximate surface area is 195 Å². The summed E-state index contributed by atoms with van der Waals surface area (Å²) in [6, 6.07) is 11.3. The molecule has 1 fully saturated rings. The molecule has 1 saturated carbocycles. The Morgan fingerprint density at radius 1 is 0.882 bits per heavy atom. The molecule has 3 aromatic rings. The van der Waals surface area contributed by atoms with E-state index in [1.807, 2.05) is 18.2 Å². The van der Waals surface area contributed by atoms with Crippen LogP contribution in [0.2, 0.25) is 0 Å². The zero-order valence-corrected chi connectivity index (χ0v) is 18.5. The molecule has 1 aliphatic rings. The number of halogens is 4. The minimum Gasteiger partial charge on any atom is -0.478 e. The first-order valence-electron chi connectivity index (χ1n) is 11.2. The van der Waals surface area contributed by atoms with Crippen LogP contribution in [0, 0.1) is 29.2 Å². The molecule has 4 rings (SSSR count). The average molecular weight is 468 g/mol. The molecule has 176 valence electrons. The third-order valence-corrected chi connectivity index (χ3v) is 6.68. The molecule has 1 N–H and O–H groups in total. The number of hydrogen-bond acceptors (Lipinski definition) is 1. The predicted octanol–water partition coefficient (Wildman–Crippen LogP) is 8.13. The highest BCUT2D eigenvalue weighted by molar-refractivity contribution is 5.94. The summed E-state index contributed by atoms with van der Waals surface area (Å²) >= 11 is 0. The van der Waals surface area contributed by atoms with Gasteiger partial charge in [0, 0.05) is 5.56 Å². The Bertz CT molecular complexity index is 1200. The van der Waals surface area contributed by atoms with Gasteiger partial charge in [-0.2, -0.15) is 0 Å². The van der Waals surface area contributed by atoms with E-state index in [9.17, 15) is 23.1 Å². The van der Waals surface area contributed by atoms with Crippen molar-refractivity contribution in [3.8, 4) is 22.3 Å². The van der Waals surface area contributed by atoms with Crippen molar-refractivity contribution in [3.63, 3.8) is 0 Å². The van der Waals surface area contributed by atoms with E-state index in [2.05, 4.69) is 6.58 Å². The predicted molar refractivity (Wildman–Crippen MR) is 124 cm³/mol. The van der Waals surface area contributed by atoms with Gasteiger partial charge < -0.3 is 5.11 Å². The van der Waals surface area contributed by atoms with E-state index >= 15 is 4.39 Å². The van der Waals surface area contributed by atoms with Crippen molar-refractivity contribution in [2.75, 3.05) is 0 Å². The molecule has 0 bridgehead atoms. The third-order valence-electron chi connectivity index (χ3n) is 6.68. The number of benzene rings is 3. The highest BCUT2D eigenvalue weighted by Gasteiger charge is 2.24. The zero-order valence-electron chi connectivity index (χ0n) is 18.5. The average Bonchev–Trinajstić information content (AvgIpc) is 2.82. The van der Waals surface area contributed by atoms with Gasteiger partial charge in [-0.15, -0.1) is 6.58 Å². The molecule has 0 saturated heterocycles. The standard InChI is InChI=1S/C28H24F4O2/c1-2-3-16-4-6-17(7-5-16)18-8-10-19(11-9-18)21-12-13-22(28(33)34)26(31)25(21)20-14-23(29)27(32)24(30)15-20/h2,8-17H,1,3-7H2,(H,33,34)/t16-,17-. The molecule has 1 aliphatic carbocycles. The molecule has 6 heteroatoms. The van der Waals surface area contributed by atoms with Gasteiger partial charge in [-0.25, -0.2) is 22.4 Å². The van der Waals surface area contributed by atoms with Crippen LogP contribution < -0.4 is 0 Å². The Morgan fingerprint density at radius 2 is 1.50 bits per heavy atom. The van der Waals surface area contributed by atoms with Crippen LogP contribution in [-0.4, -0.2) is 11.1 Å². The maximum Gasteiger partial charge on any atom is 0.338 e. The lowest BCUT2D eigenvalue weighted by molar-refractivity contribution is 0.0692. The maximum absolute atomic E-state index is 15.3. The van der Waals surface area contributed by atoms with Gasteiger partial charge in [0.2, 0.25) is 0 Å². The van der Waals surface area contributed by atoms with Crippen LogP contribution in [0.4, 0.5) is 17.6 Å². The molecule has 0 heterocycles. The fraction of sp³-hybridized carbons (Fsp3) is 0.250. The van der Waals surface area contributed by atoms with Crippen LogP contribution in [-0.2, 0) is 0 Å². The van der Waals surface area contributed by atoms with Crippen LogP contribution in [0.1, 0.15) is 53.9 Å². The highest BCUT2D eigenvalue weighted by atomic mass is 19.2. The fourth-order valence-corrected chi connectivity index (χ4v) is 4.87. The fourth-order valence-electron chi connectivity index (χ4n) is 4.87. The molecule has 2 nitrogen and oxygen atoms in total. The van der Waals surface area contributed by atoms with Crippen LogP contribution in [0.25, 0.3) is 22.3 Å². The van der Waals surface area contributed by atoms with E-state index in [-0.39, 0.29) is 16.7 Å². The lowest BCUT2D eigenvalue weighted by Gasteiger charge is -2.28. The normalized spacial score (nSPS) is 18.0. The van der Waals surface area contributed by atoms with Gasteiger partial charge in [-0.1, -0.05) is 36.4 Å². The minimum absolute atomic E-state index is 0.258. The lowest BCUT2D eigenvalue weighted by atomic mass is 9.77. The van der Waals surface area contributed by atoms with Gasteiger partial charge in [0.05, 0.1) is 5.56 Å². The summed E-state index contributed by atoms with van der Waals surface area (Å²) in [7, 11) is 0. The van der Waals surface area contributed by atoms with Crippen molar-refractivity contribution in [1.29, 1.82) is 0 Å². The van der Waals surface area contributed by atoms with Gasteiger partial charge in [-0.05, 0) is 84.4 Å². The molecule has 34 heavy (non-hydrogen) atoms. The van der Waals surface area contributed by atoms with Crippen molar-refractivity contribution < 1.29 is 27.5 Å². The van der Waals surface area contributed by atoms with E-state index in [4.69, 9.17) is 0 Å². The van der Waals surface area contributed by atoms with E-state index in [1.54, 1.807) is 12.1 Å². The molecule has 0 radical (unpaired) electrons. The van der Waals surface area contributed by atoms with E-state index in [1.165, 1.54) is 6.07 Å². The van der Waals surface area contributed by atoms with Crippen molar-refractivity contribution in [2.24, 2.45) is 5.92 Å². The molecule has 0 aromatic heterocycles. The molecular formula is C28H24F4O2. The van der Waals surface area contributed by atoms with Gasteiger partial charge in [-0.3, -0.25) is 0 Å². The summed E-state index contributed by atoms with van der Waals surface area (Å²) in [4.78, 5) is 11.5. The second-order valence-corrected chi connectivity index (χ2v) is 8.77. The second-order valence-electron chi connectivity index (χ2n) is 8.77. The zero-order chi connectivity index (χ0) is 24.4. The van der Waals surface area contributed by atoms with Crippen LogP contribution in [0.15, 0.2) is 61.2 Å². The second kappa shape index (κ2) is 9.84. The van der Waals surface area contributed by atoms with Crippen molar-refractivity contribution >= 4 is 5.97 Å². The number of hydrogen-bond donors (Lipinski definition) is 1. The first kappa shape index (κ1) is 23.7. The summed E-state index contributed by atoms with van der Waals surface area (Å²) < 4.78 is 56.6. The summed E-state index contributed by atoms with van der Waals surface area (Å²) in [5, 5.41) is 9.33. The molecule has 0 spiro atoms. The van der Waals surface area contributed by atoms with Gasteiger partial charge >= 0.3 is 5.97 Å². The number of carboxylic acid groups (broad SMARTS) is 1. The number of rotatable bonds is 6. The Morgan fingerprint density at radius 3 is 2.06 bits per heavy atom. The highest BCUT2D eigenvalue weighted by Crippen LogP contribution is 2.40. The summed E-state index contributed by atoms with van der Waals surface area (Å²) in [5.41, 5.74) is 0.752. The molecule has 0 atom stereocenters. The maximum atomic E-state index is 15.3.